The fourth-order valence-electron chi connectivity index (χ4n) is 0.979. The van der Waals surface area contributed by atoms with Crippen LogP contribution in [0.2, 0.25) is 0 Å². The zero-order chi connectivity index (χ0) is 12.1. The normalized spacial score (nSPS) is 10.9. The van der Waals surface area contributed by atoms with E-state index < -0.39 is 9.85 Å². The third kappa shape index (κ3) is 3.25. The van der Waals surface area contributed by atoms with E-state index in [0.29, 0.717) is 11.9 Å². The van der Waals surface area contributed by atoms with Crippen molar-refractivity contribution in [3.63, 3.8) is 0 Å². The fraction of sp³-hybridized carbons (Fsp3) is 0. The SMILES string of the molecule is NC(=C[N+](=O)[O-])Nc1ccc([N+](=O)[O-])cc1. The van der Waals surface area contributed by atoms with Gasteiger partial charge >= 0.3 is 0 Å². The summed E-state index contributed by atoms with van der Waals surface area (Å²) in [5, 5.41) is 22.9. The fourth-order valence-corrected chi connectivity index (χ4v) is 0.979. The van der Waals surface area contributed by atoms with E-state index in [0.717, 1.165) is 0 Å². The molecule has 0 fully saturated rings. The van der Waals surface area contributed by atoms with Crippen LogP contribution in [-0.4, -0.2) is 9.85 Å². The van der Waals surface area contributed by atoms with E-state index in [1.54, 1.807) is 0 Å². The maximum atomic E-state index is 10.3. The minimum atomic E-state index is -0.701. The lowest BCUT2D eigenvalue weighted by Crippen LogP contribution is -2.10. The Morgan fingerprint density at radius 2 is 1.81 bits per heavy atom. The van der Waals surface area contributed by atoms with Crippen molar-refractivity contribution in [2.24, 2.45) is 5.73 Å². The molecule has 0 amide bonds. The van der Waals surface area contributed by atoms with Crippen molar-refractivity contribution < 1.29 is 9.85 Å². The van der Waals surface area contributed by atoms with Crippen molar-refractivity contribution >= 4 is 11.4 Å². The number of nitrogens with zero attached hydrogens (tertiary/aromatic N) is 2. The summed E-state index contributed by atoms with van der Waals surface area (Å²) in [4.78, 5) is 19.2. The maximum Gasteiger partial charge on any atom is 0.274 e. The summed E-state index contributed by atoms with van der Waals surface area (Å²) in [5.74, 6) is -0.154. The Kier molecular flexibility index (Phi) is 3.38. The van der Waals surface area contributed by atoms with Crippen LogP contribution in [0.1, 0.15) is 0 Å². The van der Waals surface area contributed by atoms with Gasteiger partial charge in [0.15, 0.2) is 5.82 Å². The smallest absolute Gasteiger partial charge is 0.274 e. The molecule has 0 aromatic heterocycles. The molecular formula is C8H8N4O4. The summed E-state index contributed by atoms with van der Waals surface area (Å²) in [6.07, 6.45) is 0.599. The average molecular weight is 224 g/mol. The van der Waals surface area contributed by atoms with Crippen LogP contribution in [0.5, 0.6) is 0 Å². The van der Waals surface area contributed by atoms with E-state index in [1.165, 1.54) is 24.3 Å². The maximum absolute atomic E-state index is 10.3. The molecule has 0 radical (unpaired) electrons. The van der Waals surface area contributed by atoms with Gasteiger partial charge in [-0.15, -0.1) is 0 Å². The number of benzene rings is 1. The Bertz CT molecular complexity index is 440. The van der Waals surface area contributed by atoms with E-state index in [-0.39, 0.29) is 11.5 Å². The lowest BCUT2D eigenvalue weighted by atomic mass is 10.3. The van der Waals surface area contributed by atoms with Crippen LogP contribution in [0.3, 0.4) is 0 Å². The first-order valence-corrected chi connectivity index (χ1v) is 4.11. The van der Waals surface area contributed by atoms with Gasteiger partial charge in [-0.25, -0.2) is 0 Å². The summed E-state index contributed by atoms with van der Waals surface area (Å²) >= 11 is 0. The zero-order valence-corrected chi connectivity index (χ0v) is 7.99. The molecule has 0 atom stereocenters. The van der Waals surface area contributed by atoms with E-state index in [2.05, 4.69) is 5.32 Å². The van der Waals surface area contributed by atoms with Crippen molar-refractivity contribution in [1.82, 2.24) is 0 Å². The number of nitro benzene ring substituents is 1. The van der Waals surface area contributed by atoms with Gasteiger partial charge in [0.25, 0.3) is 11.9 Å². The monoisotopic (exact) mass is 224 g/mol. The Morgan fingerprint density at radius 3 is 2.25 bits per heavy atom. The summed E-state index contributed by atoms with van der Waals surface area (Å²) in [6, 6.07) is 5.33. The number of hydrogen-bond acceptors (Lipinski definition) is 6. The number of nitrogens with two attached hydrogens (primary N) is 1. The first-order chi connectivity index (χ1) is 7.49. The molecule has 0 aliphatic heterocycles. The molecule has 16 heavy (non-hydrogen) atoms. The number of hydrogen-bond donors (Lipinski definition) is 2. The summed E-state index contributed by atoms with van der Waals surface area (Å²) < 4.78 is 0. The van der Waals surface area contributed by atoms with Crippen LogP contribution in [0.4, 0.5) is 11.4 Å². The highest BCUT2D eigenvalue weighted by Gasteiger charge is 2.04. The second-order valence-corrected chi connectivity index (χ2v) is 2.80. The van der Waals surface area contributed by atoms with Gasteiger partial charge < -0.3 is 11.1 Å². The molecule has 0 unspecified atom stereocenters. The van der Waals surface area contributed by atoms with Crippen LogP contribution in [0.25, 0.3) is 0 Å². The van der Waals surface area contributed by atoms with Crippen LogP contribution in [0, 0.1) is 20.2 Å². The van der Waals surface area contributed by atoms with Gasteiger partial charge in [0.1, 0.15) is 0 Å². The second-order valence-electron chi connectivity index (χ2n) is 2.80. The van der Waals surface area contributed by atoms with Crippen molar-refractivity contribution in [1.29, 1.82) is 0 Å². The summed E-state index contributed by atoms with van der Waals surface area (Å²) in [7, 11) is 0. The molecule has 0 heterocycles. The van der Waals surface area contributed by atoms with Gasteiger partial charge in [-0.1, -0.05) is 0 Å². The van der Waals surface area contributed by atoms with Gasteiger partial charge in [-0.05, 0) is 12.1 Å². The molecule has 3 N–H and O–H groups in total. The molecule has 0 aliphatic rings. The van der Waals surface area contributed by atoms with Crippen molar-refractivity contribution in [3.05, 3.63) is 56.5 Å². The predicted molar refractivity (Wildman–Crippen MR) is 56.0 cm³/mol. The first kappa shape index (κ1) is 11.4. The topological polar surface area (TPSA) is 124 Å². The molecule has 1 rings (SSSR count). The third-order valence-electron chi connectivity index (χ3n) is 1.61. The van der Waals surface area contributed by atoms with Gasteiger partial charge in [0, 0.05) is 17.8 Å². The molecule has 0 saturated heterocycles. The zero-order valence-electron chi connectivity index (χ0n) is 7.99. The number of nitrogens with one attached hydrogen (secondary N) is 1. The van der Waals surface area contributed by atoms with Gasteiger partial charge in [0.2, 0.25) is 0 Å². The minimum absolute atomic E-state index is 0.0672. The summed E-state index contributed by atoms with van der Waals surface area (Å²) in [6.45, 7) is 0. The molecule has 8 heteroatoms. The Balaban J connectivity index is 2.76. The molecule has 0 spiro atoms. The van der Waals surface area contributed by atoms with Crippen LogP contribution in [0.15, 0.2) is 36.3 Å². The number of nitro groups is 2. The predicted octanol–water partition coefficient (Wildman–Crippen LogP) is 1.04. The molecule has 0 bridgehead atoms. The van der Waals surface area contributed by atoms with Crippen LogP contribution in [-0.2, 0) is 0 Å². The lowest BCUT2D eigenvalue weighted by molar-refractivity contribution is -0.403. The van der Waals surface area contributed by atoms with Crippen molar-refractivity contribution in [3.8, 4) is 0 Å². The summed E-state index contributed by atoms with van der Waals surface area (Å²) in [5.41, 5.74) is 5.64. The molecule has 1 aromatic rings. The van der Waals surface area contributed by atoms with E-state index in [9.17, 15) is 20.2 Å². The van der Waals surface area contributed by atoms with Gasteiger partial charge in [-0.2, -0.15) is 0 Å². The largest absolute Gasteiger partial charge is 0.380 e. The van der Waals surface area contributed by atoms with Crippen LogP contribution < -0.4 is 11.1 Å². The Hall–Kier alpha value is -2.64. The van der Waals surface area contributed by atoms with E-state index in [4.69, 9.17) is 5.73 Å². The molecular weight excluding hydrogens is 216 g/mol. The van der Waals surface area contributed by atoms with Gasteiger partial charge in [0.05, 0.1) is 9.85 Å². The quantitative estimate of drug-likeness (QED) is 0.581. The average Bonchev–Trinajstić information content (AvgIpc) is 2.16. The van der Waals surface area contributed by atoms with Crippen molar-refractivity contribution in [2.45, 2.75) is 0 Å². The van der Waals surface area contributed by atoms with E-state index >= 15 is 0 Å². The Labute approximate surface area is 89.7 Å². The highest BCUT2D eigenvalue weighted by Crippen LogP contribution is 2.15. The van der Waals surface area contributed by atoms with Crippen molar-refractivity contribution in [2.75, 3.05) is 5.32 Å². The number of anilines is 1. The Morgan fingerprint density at radius 1 is 1.25 bits per heavy atom. The van der Waals surface area contributed by atoms with E-state index in [1.807, 2.05) is 0 Å². The molecule has 8 nitrogen and oxygen atoms in total. The molecule has 0 saturated carbocycles. The molecule has 1 aromatic carbocycles. The number of rotatable bonds is 4. The first-order valence-electron chi connectivity index (χ1n) is 4.11. The highest BCUT2D eigenvalue weighted by atomic mass is 16.6. The second kappa shape index (κ2) is 4.73. The third-order valence-corrected chi connectivity index (χ3v) is 1.61. The standard InChI is InChI=1S/C8H8N4O4/c9-8(5-11(13)14)10-6-1-3-7(4-2-6)12(15)16/h1-5,10H,9H2. The highest BCUT2D eigenvalue weighted by molar-refractivity contribution is 5.51. The van der Waals surface area contributed by atoms with Gasteiger partial charge in [-0.3, -0.25) is 20.2 Å². The minimum Gasteiger partial charge on any atom is -0.380 e. The molecule has 84 valence electrons. The number of non-ortho nitro benzene ring substituents is 1. The van der Waals surface area contributed by atoms with Crippen LogP contribution >= 0.6 is 0 Å². The molecule has 0 aliphatic carbocycles. The lowest BCUT2D eigenvalue weighted by Gasteiger charge is -2.02.